The second-order valence-corrected chi connectivity index (χ2v) is 6.70. The normalized spacial score (nSPS) is 13.4. The van der Waals surface area contributed by atoms with E-state index in [2.05, 4.69) is 31.2 Å². The van der Waals surface area contributed by atoms with E-state index in [0.29, 0.717) is 5.56 Å². The maximum atomic E-state index is 10.1. The summed E-state index contributed by atoms with van der Waals surface area (Å²) in [7, 11) is 0. The molecule has 3 aromatic rings. The standard InChI is InChI=1S/C22H22O3/c1-14-4-6-16(7-5-14)22(3,17-8-10-19(23)11-9-17)18-12-15(2)21(25)20(24)13-18/h4-13,23-25H,1-3H3. The zero-order valence-electron chi connectivity index (χ0n) is 14.6. The highest BCUT2D eigenvalue weighted by Gasteiger charge is 2.32. The Morgan fingerprint density at radius 1 is 0.680 bits per heavy atom. The summed E-state index contributed by atoms with van der Waals surface area (Å²) in [5.74, 6) is -0.0208. The lowest BCUT2D eigenvalue weighted by Gasteiger charge is -2.32. The van der Waals surface area contributed by atoms with E-state index in [9.17, 15) is 15.3 Å². The van der Waals surface area contributed by atoms with Gasteiger partial charge in [0.05, 0.1) is 0 Å². The summed E-state index contributed by atoms with van der Waals surface area (Å²) in [6.07, 6.45) is 0. The van der Waals surface area contributed by atoms with Crippen molar-refractivity contribution >= 4 is 0 Å². The van der Waals surface area contributed by atoms with E-state index in [0.717, 1.165) is 16.7 Å². The minimum atomic E-state index is -0.544. The van der Waals surface area contributed by atoms with Crippen LogP contribution < -0.4 is 0 Å². The molecule has 3 aromatic carbocycles. The summed E-state index contributed by atoms with van der Waals surface area (Å²) in [6, 6.07) is 18.8. The molecule has 0 saturated heterocycles. The third-order valence-corrected chi connectivity index (χ3v) is 4.93. The summed E-state index contributed by atoms with van der Waals surface area (Å²) in [5, 5.41) is 29.7. The van der Waals surface area contributed by atoms with Gasteiger partial charge in [-0.15, -0.1) is 0 Å². The Kier molecular flexibility index (Phi) is 4.17. The van der Waals surface area contributed by atoms with E-state index in [1.54, 1.807) is 25.1 Å². The number of aromatic hydroxyl groups is 3. The van der Waals surface area contributed by atoms with Gasteiger partial charge in [0.2, 0.25) is 0 Å². The van der Waals surface area contributed by atoms with Gasteiger partial charge in [-0.2, -0.15) is 0 Å². The van der Waals surface area contributed by atoms with Gasteiger partial charge in [-0.25, -0.2) is 0 Å². The van der Waals surface area contributed by atoms with Gasteiger partial charge in [-0.05, 0) is 61.2 Å². The van der Waals surface area contributed by atoms with Gasteiger partial charge in [0, 0.05) is 5.41 Å². The molecular formula is C22H22O3. The zero-order valence-corrected chi connectivity index (χ0v) is 14.6. The lowest BCUT2D eigenvalue weighted by Crippen LogP contribution is -2.25. The van der Waals surface area contributed by atoms with Crippen molar-refractivity contribution in [1.29, 1.82) is 0 Å². The van der Waals surface area contributed by atoms with Gasteiger partial charge >= 0.3 is 0 Å². The first-order valence-corrected chi connectivity index (χ1v) is 8.22. The molecule has 3 heteroatoms. The molecule has 128 valence electrons. The van der Waals surface area contributed by atoms with Gasteiger partial charge in [-0.3, -0.25) is 0 Å². The third kappa shape index (κ3) is 2.93. The van der Waals surface area contributed by atoms with Crippen LogP contribution in [0, 0.1) is 13.8 Å². The molecule has 0 heterocycles. The molecular weight excluding hydrogens is 312 g/mol. The Labute approximate surface area is 147 Å². The molecule has 0 aliphatic rings. The Bertz CT molecular complexity index is 825. The van der Waals surface area contributed by atoms with Gasteiger partial charge in [0.1, 0.15) is 5.75 Å². The SMILES string of the molecule is Cc1ccc(C(C)(c2ccc(O)cc2)c2cc(C)c(O)c(O)c2)cc1. The van der Waals surface area contributed by atoms with E-state index in [1.807, 2.05) is 25.1 Å². The fraction of sp³-hybridized carbons (Fsp3) is 0.182. The molecule has 25 heavy (non-hydrogen) atoms. The maximum absolute atomic E-state index is 10.1. The van der Waals surface area contributed by atoms with E-state index < -0.39 is 5.41 Å². The molecule has 0 radical (unpaired) electrons. The molecule has 0 aromatic heterocycles. The highest BCUT2D eigenvalue weighted by atomic mass is 16.3. The van der Waals surface area contributed by atoms with Crippen LogP contribution in [-0.2, 0) is 5.41 Å². The second-order valence-electron chi connectivity index (χ2n) is 6.70. The molecule has 3 rings (SSSR count). The first-order chi connectivity index (χ1) is 11.8. The number of phenols is 3. The maximum Gasteiger partial charge on any atom is 0.160 e. The second kappa shape index (κ2) is 6.17. The molecule has 0 fully saturated rings. The number of aryl methyl sites for hydroxylation is 2. The molecule has 3 nitrogen and oxygen atoms in total. The van der Waals surface area contributed by atoms with E-state index in [-0.39, 0.29) is 17.2 Å². The van der Waals surface area contributed by atoms with Crippen LogP contribution in [0.4, 0.5) is 0 Å². The van der Waals surface area contributed by atoms with Gasteiger partial charge in [0.25, 0.3) is 0 Å². The zero-order chi connectivity index (χ0) is 18.2. The Morgan fingerprint density at radius 3 is 1.72 bits per heavy atom. The van der Waals surface area contributed by atoms with Crippen LogP contribution in [-0.4, -0.2) is 15.3 Å². The first kappa shape index (κ1) is 16.9. The van der Waals surface area contributed by atoms with Crippen molar-refractivity contribution in [2.24, 2.45) is 0 Å². The van der Waals surface area contributed by atoms with Crippen LogP contribution in [0.5, 0.6) is 17.2 Å². The van der Waals surface area contributed by atoms with E-state index in [4.69, 9.17) is 0 Å². The molecule has 0 spiro atoms. The average molecular weight is 334 g/mol. The topological polar surface area (TPSA) is 60.7 Å². The van der Waals surface area contributed by atoms with E-state index in [1.165, 1.54) is 5.56 Å². The highest BCUT2D eigenvalue weighted by molar-refractivity contribution is 5.56. The summed E-state index contributed by atoms with van der Waals surface area (Å²) < 4.78 is 0. The molecule has 0 aliphatic heterocycles. The lowest BCUT2D eigenvalue weighted by atomic mass is 9.70. The first-order valence-electron chi connectivity index (χ1n) is 8.22. The summed E-state index contributed by atoms with van der Waals surface area (Å²) in [5.41, 5.74) is 4.16. The van der Waals surface area contributed by atoms with Crippen molar-refractivity contribution in [2.45, 2.75) is 26.2 Å². The molecule has 0 bridgehead atoms. The average Bonchev–Trinajstić information content (AvgIpc) is 2.59. The van der Waals surface area contributed by atoms with Crippen LogP contribution in [0.2, 0.25) is 0 Å². The van der Waals surface area contributed by atoms with Crippen molar-refractivity contribution in [2.75, 3.05) is 0 Å². The fourth-order valence-corrected chi connectivity index (χ4v) is 3.23. The van der Waals surface area contributed by atoms with Crippen molar-refractivity contribution in [3.8, 4) is 17.2 Å². The quantitative estimate of drug-likeness (QED) is 0.477. The van der Waals surface area contributed by atoms with Gasteiger partial charge in [0.15, 0.2) is 11.5 Å². The number of rotatable bonds is 3. The number of benzene rings is 3. The number of phenolic OH excluding ortho intramolecular Hbond substituents is 3. The van der Waals surface area contributed by atoms with Crippen molar-refractivity contribution in [1.82, 2.24) is 0 Å². The molecule has 1 atom stereocenters. The fourth-order valence-electron chi connectivity index (χ4n) is 3.23. The van der Waals surface area contributed by atoms with Crippen LogP contribution in [0.1, 0.15) is 34.7 Å². The minimum absolute atomic E-state index is 0.0966. The monoisotopic (exact) mass is 334 g/mol. The highest BCUT2D eigenvalue weighted by Crippen LogP contribution is 2.43. The Hall–Kier alpha value is -2.94. The van der Waals surface area contributed by atoms with E-state index >= 15 is 0 Å². The Morgan fingerprint density at radius 2 is 1.20 bits per heavy atom. The third-order valence-electron chi connectivity index (χ3n) is 4.93. The van der Waals surface area contributed by atoms with Gasteiger partial charge in [-0.1, -0.05) is 48.0 Å². The van der Waals surface area contributed by atoms with Crippen molar-refractivity contribution in [3.05, 3.63) is 88.5 Å². The van der Waals surface area contributed by atoms with Crippen LogP contribution >= 0.6 is 0 Å². The molecule has 0 saturated carbocycles. The van der Waals surface area contributed by atoms with Gasteiger partial charge < -0.3 is 15.3 Å². The van der Waals surface area contributed by atoms with Crippen molar-refractivity contribution in [3.63, 3.8) is 0 Å². The smallest absolute Gasteiger partial charge is 0.160 e. The van der Waals surface area contributed by atoms with Crippen LogP contribution in [0.15, 0.2) is 60.7 Å². The van der Waals surface area contributed by atoms with Crippen molar-refractivity contribution < 1.29 is 15.3 Å². The number of hydrogen-bond acceptors (Lipinski definition) is 3. The minimum Gasteiger partial charge on any atom is -0.508 e. The largest absolute Gasteiger partial charge is 0.508 e. The molecule has 1 unspecified atom stereocenters. The summed E-state index contributed by atoms with van der Waals surface area (Å²) >= 11 is 0. The molecule has 0 amide bonds. The molecule has 0 aliphatic carbocycles. The summed E-state index contributed by atoms with van der Waals surface area (Å²) in [4.78, 5) is 0. The molecule has 3 N–H and O–H groups in total. The summed E-state index contributed by atoms with van der Waals surface area (Å²) in [6.45, 7) is 5.89. The predicted octanol–water partition coefficient (Wildman–Crippen LogP) is 4.77. The Balaban J connectivity index is 2.29. The van der Waals surface area contributed by atoms with Crippen LogP contribution in [0.3, 0.4) is 0 Å². The van der Waals surface area contributed by atoms with Crippen LogP contribution in [0.25, 0.3) is 0 Å². The predicted molar refractivity (Wildman–Crippen MR) is 99.4 cm³/mol. The lowest BCUT2D eigenvalue weighted by molar-refractivity contribution is 0.399. The number of hydrogen-bond donors (Lipinski definition) is 3.